The van der Waals surface area contributed by atoms with Crippen molar-refractivity contribution in [2.45, 2.75) is 26.3 Å². The summed E-state index contributed by atoms with van der Waals surface area (Å²) in [5.74, 6) is -0.857. The molecular weight excluding hydrogens is 430 g/mol. The van der Waals surface area contributed by atoms with Crippen molar-refractivity contribution in [2.24, 2.45) is 0 Å². The number of hydrogen-bond acceptors (Lipinski definition) is 5. The molecule has 0 radical (unpaired) electrons. The number of benzene rings is 3. The molecule has 0 saturated heterocycles. The zero-order valence-corrected chi connectivity index (χ0v) is 18.4. The van der Waals surface area contributed by atoms with Crippen molar-refractivity contribution in [3.63, 3.8) is 0 Å². The van der Waals surface area contributed by atoms with Crippen molar-refractivity contribution < 1.29 is 23.9 Å². The fourth-order valence-corrected chi connectivity index (χ4v) is 2.90. The maximum atomic E-state index is 12.5. The van der Waals surface area contributed by atoms with Gasteiger partial charge < -0.3 is 14.8 Å². The van der Waals surface area contributed by atoms with Crippen LogP contribution in [0.5, 0.6) is 11.5 Å². The number of carbonyl (C=O) groups excluding carboxylic acids is 3. The Morgan fingerprint density at radius 1 is 0.688 bits per heavy atom. The topological polar surface area (TPSA) is 81.7 Å². The summed E-state index contributed by atoms with van der Waals surface area (Å²) >= 11 is 0. The lowest BCUT2D eigenvalue weighted by molar-refractivity contribution is -0.136. The van der Waals surface area contributed by atoms with Gasteiger partial charge in [0, 0.05) is 13.5 Å². The summed E-state index contributed by atoms with van der Waals surface area (Å²) in [7, 11) is 0. The first-order valence-electron chi connectivity index (χ1n) is 9.86. The molecule has 0 aliphatic heterocycles. The molecule has 0 spiro atoms. The number of rotatable bonds is 8. The molecule has 1 amide bonds. The maximum absolute atomic E-state index is 12.5. The molecule has 3 rings (SSSR count). The zero-order valence-electron chi connectivity index (χ0n) is 17.6. The molecule has 166 valence electrons. The molecule has 32 heavy (non-hydrogen) atoms. The molecule has 0 saturated carbocycles. The Morgan fingerprint density at radius 3 is 1.69 bits per heavy atom. The summed E-state index contributed by atoms with van der Waals surface area (Å²) in [6.45, 7) is 1.68. The van der Waals surface area contributed by atoms with Gasteiger partial charge in [-0.15, -0.1) is 12.4 Å². The van der Waals surface area contributed by atoms with Gasteiger partial charge in [0.15, 0.2) is 11.5 Å². The summed E-state index contributed by atoms with van der Waals surface area (Å²) in [6, 6.07) is 23.3. The van der Waals surface area contributed by atoms with E-state index in [1.54, 1.807) is 18.2 Å². The van der Waals surface area contributed by atoms with Gasteiger partial charge >= 0.3 is 11.9 Å². The van der Waals surface area contributed by atoms with Crippen molar-refractivity contribution >= 4 is 30.3 Å². The fraction of sp³-hybridized carbons (Fsp3) is 0.160. The van der Waals surface area contributed by atoms with Crippen molar-refractivity contribution in [2.75, 3.05) is 0 Å². The van der Waals surface area contributed by atoms with Crippen molar-refractivity contribution in [1.29, 1.82) is 0 Å². The SMILES string of the molecule is CC(=O)NCc1ccc(OC(=O)Cc2ccccc2)c(OC(=O)Cc2ccccc2)c1.Cl. The highest BCUT2D eigenvalue weighted by atomic mass is 35.5. The molecule has 0 bridgehead atoms. The van der Waals surface area contributed by atoms with Crippen molar-refractivity contribution in [3.8, 4) is 11.5 Å². The summed E-state index contributed by atoms with van der Waals surface area (Å²) < 4.78 is 11.0. The average molecular weight is 454 g/mol. The molecule has 6 nitrogen and oxygen atoms in total. The monoisotopic (exact) mass is 453 g/mol. The predicted molar refractivity (Wildman–Crippen MR) is 123 cm³/mol. The second-order valence-electron chi connectivity index (χ2n) is 6.96. The van der Waals surface area contributed by atoms with Crippen molar-refractivity contribution in [1.82, 2.24) is 5.32 Å². The number of esters is 2. The van der Waals surface area contributed by atoms with E-state index in [0.717, 1.165) is 11.1 Å². The Kier molecular flexibility index (Phi) is 9.44. The van der Waals surface area contributed by atoms with Crippen LogP contribution in [0.25, 0.3) is 0 Å². The fourth-order valence-electron chi connectivity index (χ4n) is 2.90. The molecule has 0 aliphatic rings. The van der Waals surface area contributed by atoms with E-state index in [1.165, 1.54) is 6.92 Å². The largest absolute Gasteiger partial charge is 0.422 e. The Hall–Kier alpha value is -3.64. The van der Waals surface area contributed by atoms with Crippen LogP contribution in [-0.2, 0) is 33.8 Å². The third-order valence-electron chi connectivity index (χ3n) is 4.38. The molecule has 0 aromatic heterocycles. The van der Waals surface area contributed by atoms with Gasteiger partial charge in [0.2, 0.25) is 5.91 Å². The van der Waals surface area contributed by atoms with Crippen LogP contribution in [0.2, 0.25) is 0 Å². The van der Waals surface area contributed by atoms with E-state index in [0.29, 0.717) is 5.56 Å². The van der Waals surface area contributed by atoms with Crippen LogP contribution in [-0.4, -0.2) is 17.8 Å². The van der Waals surface area contributed by atoms with Gasteiger partial charge in [-0.1, -0.05) is 66.7 Å². The van der Waals surface area contributed by atoms with Crippen LogP contribution in [0.4, 0.5) is 0 Å². The molecule has 0 fully saturated rings. The summed E-state index contributed by atoms with van der Waals surface area (Å²) in [5.41, 5.74) is 2.34. The minimum atomic E-state index is -0.483. The van der Waals surface area contributed by atoms with Gasteiger partial charge in [-0.25, -0.2) is 0 Å². The standard InChI is InChI=1S/C25H23NO5.ClH/c1-18(27)26-17-21-12-13-22(30-24(28)15-19-8-4-2-5-9-19)23(14-21)31-25(29)16-20-10-6-3-7-11-20;/h2-14H,15-17H2,1H3,(H,26,27);1H. The highest BCUT2D eigenvalue weighted by Crippen LogP contribution is 2.29. The number of carbonyl (C=O) groups is 3. The van der Waals surface area contributed by atoms with Crippen LogP contribution >= 0.6 is 12.4 Å². The quantitative estimate of drug-likeness (QED) is 0.411. The molecule has 0 heterocycles. The van der Waals surface area contributed by atoms with E-state index in [-0.39, 0.29) is 49.2 Å². The summed E-state index contributed by atoms with van der Waals surface area (Å²) in [4.78, 5) is 36.1. The average Bonchev–Trinajstić information content (AvgIpc) is 2.75. The summed E-state index contributed by atoms with van der Waals surface area (Å²) in [6.07, 6.45) is 0.167. The van der Waals surface area contributed by atoms with Gasteiger partial charge in [-0.3, -0.25) is 14.4 Å². The second-order valence-corrected chi connectivity index (χ2v) is 6.96. The van der Waals surface area contributed by atoms with Gasteiger partial charge in [-0.05, 0) is 28.8 Å². The maximum Gasteiger partial charge on any atom is 0.315 e. The van der Waals surface area contributed by atoms with Gasteiger partial charge in [0.25, 0.3) is 0 Å². The molecule has 0 unspecified atom stereocenters. The van der Waals surface area contributed by atoms with Crippen LogP contribution in [0.1, 0.15) is 23.6 Å². The minimum Gasteiger partial charge on any atom is -0.422 e. The molecule has 0 aliphatic carbocycles. The predicted octanol–water partition coefficient (Wildman–Crippen LogP) is 4.04. The van der Waals surface area contributed by atoms with Crippen LogP contribution in [0, 0.1) is 0 Å². The van der Waals surface area contributed by atoms with E-state index >= 15 is 0 Å². The summed E-state index contributed by atoms with van der Waals surface area (Å²) in [5, 5.41) is 2.69. The number of nitrogens with one attached hydrogen (secondary N) is 1. The number of hydrogen-bond donors (Lipinski definition) is 1. The number of ether oxygens (including phenoxy) is 2. The second kappa shape index (κ2) is 12.3. The first kappa shape index (κ1) is 24.6. The van der Waals surface area contributed by atoms with E-state index in [4.69, 9.17) is 9.47 Å². The highest BCUT2D eigenvalue weighted by molar-refractivity contribution is 5.85. The van der Waals surface area contributed by atoms with E-state index < -0.39 is 11.9 Å². The smallest absolute Gasteiger partial charge is 0.315 e. The lowest BCUT2D eigenvalue weighted by Crippen LogP contribution is -2.19. The Balaban J connectivity index is 0.00000363. The van der Waals surface area contributed by atoms with Crippen LogP contribution < -0.4 is 14.8 Å². The Bertz CT molecular complexity index is 1050. The normalized spacial score (nSPS) is 9.91. The molecule has 3 aromatic rings. The lowest BCUT2D eigenvalue weighted by Gasteiger charge is -2.13. The molecule has 3 aromatic carbocycles. The van der Waals surface area contributed by atoms with Gasteiger partial charge in [0.05, 0.1) is 12.8 Å². The number of amides is 1. The first-order valence-corrected chi connectivity index (χ1v) is 9.86. The molecule has 1 N–H and O–H groups in total. The van der Waals surface area contributed by atoms with Crippen molar-refractivity contribution in [3.05, 3.63) is 95.6 Å². The highest BCUT2D eigenvalue weighted by Gasteiger charge is 2.16. The zero-order chi connectivity index (χ0) is 22.1. The molecule has 0 atom stereocenters. The van der Waals surface area contributed by atoms with E-state index in [2.05, 4.69) is 5.32 Å². The van der Waals surface area contributed by atoms with E-state index in [9.17, 15) is 14.4 Å². The third-order valence-corrected chi connectivity index (χ3v) is 4.38. The Labute approximate surface area is 193 Å². The van der Waals surface area contributed by atoms with E-state index in [1.807, 2.05) is 60.7 Å². The van der Waals surface area contributed by atoms with Gasteiger partial charge in [-0.2, -0.15) is 0 Å². The van der Waals surface area contributed by atoms with Gasteiger partial charge in [0.1, 0.15) is 0 Å². The number of halogens is 1. The van der Waals surface area contributed by atoms with Crippen LogP contribution in [0.15, 0.2) is 78.9 Å². The molecule has 7 heteroatoms. The lowest BCUT2D eigenvalue weighted by atomic mass is 10.1. The third kappa shape index (κ3) is 7.89. The molecular formula is C25H24ClNO5. The Morgan fingerprint density at radius 2 is 1.19 bits per heavy atom. The van der Waals surface area contributed by atoms with Crippen LogP contribution in [0.3, 0.4) is 0 Å². The minimum absolute atomic E-state index is 0. The first-order chi connectivity index (χ1) is 15.0.